The maximum absolute atomic E-state index is 6.33. The topological polar surface area (TPSA) is 32.5 Å². The molecule has 2 aliphatic rings. The van der Waals surface area contributed by atoms with Crippen LogP contribution >= 0.6 is 0 Å². The second-order valence-electron chi connectivity index (χ2n) is 7.68. The SMILES string of the molecule is CN1CCN(C2(CN)CCCC(C)(C)C2)c2ccccc21. The van der Waals surface area contributed by atoms with E-state index in [-0.39, 0.29) is 5.54 Å². The summed E-state index contributed by atoms with van der Waals surface area (Å²) in [5, 5.41) is 0. The number of nitrogens with two attached hydrogens (primary N) is 1. The number of nitrogens with zero attached hydrogens (tertiary/aromatic N) is 2. The van der Waals surface area contributed by atoms with E-state index >= 15 is 0 Å². The Morgan fingerprint density at radius 1 is 1.10 bits per heavy atom. The van der Waals surface area contributed by atoms with Gasteiger partial charge in [0.25, 0.3) is 0 Å². The van der Waals surface area contributed by atoms with Gasteiger partial charge in [0, 0.05) is 26.7 Å². The Morgan fingerprint density at radius 2 is 1.81 bits per heavy atom. The maximum Gasteiger partial charge on any atom is 0.0609 e. The predicted molar refractivity (Wildman–Crippen MR) is 91.1 cm³/mol. The lowest BCUT2D eigenvalue weighted by Gasteiger charge is -2.54. The first kappa shape index (κ1) is 14.7. The average Bonchev–Trinajstić information content (AvgIpc) is 2.46. The van der Waals surface area contributed by atoms with E-state index in [9.17, 15) is 0 Å². The van der Waals surface area contributed by atoms with Crippen LogP contribution in [0.4, 0.5) is 11.4 Å². The number of fused-ring (bicyclic) bond motifs is 1. The molecule has 1 atom stereocenters. The molecule has 0 aromatic heterocycles. The van der Waals surface area contributed by atoms with Crippen molar-refractivity contribution in [2.24, 2.45) is 11.1 Å². The van der Waals surface area contributed by atoms with E-state index in [1.54, 1.807) is 0 Å². The van der Waals surface area contributed by atoms with Crippen LogP contribution in [0.25, 0.3) is 0 Å². The quantitative estimate of drug-likeness (QED) is 0.906. The van der Waals surface area contributed by atoms with Gasteiger partial charge in [-0.25, -0.2) is 0 Å². The van der Waals surface area contributed by atoms with Crippen molar-refractivity contribution in [1.82, 2.24) is 0 Å². The number of para-hydroxylation sites is 2. The number of hydrogen-bond acceptors (Lipinski definition) is 3. The molecule has 1 unspecified atom stereocenters. The first-order chi connectivity index (χ1) is 9.97. The third-order valence-corrected chi connectivity index (χ3v) is 5.50. The molecule has 1 saturated carbocycles. The molecule has 116 valence electrons. The lowest BCUT2D eigenvalue weighted by molar-refractivity contribution is 0.147. The van der Waals surface area contributed by atoms with Crippen molar-refractivity contribution in [3.63, 3.8) is 0 Å². The van der Waals surface area contributed by atoms with Gasteiger partial charge in [-0.3, -0.25) is 0 Å². The summed E-state index contributed by atoms with van der Waals surface area (Å²) in [7, 11) is 2.19. The van der Waals surface area contributed by atoms with Crippen molar-refractivity contribution < 1.29 is 0 Å². The highest BCUT2D eigenvalue weighted by atomic mass is 15.3. The van der Waals surface area contributed by atoms with Crippen molar-refractivity contribution in [2.75, 3.05) is 36.5 Å². The fourth-order valence-corrected chi connectivity index (χ4v) is 4.48. The van der Waals surface area contributed by atoms with Crippen LogP contribution in [-0.4, -0.2) is 32.2 Å². The van der Waals surface area contributed by atoms with Crippen LogP contribution in [0.2, 0.25) is 0 Å². The second kappa shape index (κ2) is 5.20. The number of anilines is 2. The van der Waals surface area contributed by atoms with E-state index in [1.165, 1.54) is 37.1 Å². The van der Waals surface area contributed by atoms with Crippen molar-refractivity contribution in [1.29, 1.82) is 0 Å². The fraction of sp³-hybridized carbons (Fsp3) is 0.667. The normalized spacial score (nSPS) is 28.4. The van der Waals surface area contributed by atoms with Gasteiger partial charge in [0.2, 0.25) is 0 Å². The van der Waals surface area contributed by atoms with E-state index in [1.807, 2.05) is 0 Å². The molecule has 3 nitrogen and oxygen atoms in total. The van der Waals surface area contributed by atoms with Crippen LogP contribution < -0.4 is 15.5 Å². The molecule has 1 heterocycles. The molecule has 0 saturated heterocycles. The Balaban J connectivity index is 2.00. The van der Waals surface area contributed by atoms with E-state index in [0.29, 0.717) is 5.41 Å². The van der Waals surface area contributed by atoms with Crippen molar-refractivity contribution in [3.05, 3.63) is 24.3 Å². The summed E-state index contributed by atoms with van der Waals surface area (Å²) in [4.78, 5) is 4.99. The number of hydrogen-bond donors (Lipinski definition) is 1. The third-order valence-electron chi connectivity index (χ3n) is 5.50. The zero-order valence-corrected chi connectivity index (χ0v) is 13.7. The molecule has 0 bridgehead atoms. The van der Waals surface area contributed by atoms with E-state index < -0.39 is 0 Å². The molecular formula is C18H29N3. The van der Waals surface area contributed by atoms with Gasteiger partial charge in [0.1, 0.15) is 0 Å². The summed E-state index contributed by atoms with van der Waals surface area (Å²) in [5.74, 6) is 0. The molecule has 3 rings (SSSR count). The van der Waals surface area contributed by atoms with Gasteiger partial charge in [-0.05, 0) is 36.8 Å². The Morgan fingerprint density at radius 3 is 2.48 bits per heavy atom. The summed E-state index contributed by atoms with van der Waals surface area (Å²) in [5.41, 5.74) is 9.58. The molecule has 1 aliphatic carbocycles. The first-order valence-electron chi connectivity index (χ1n) is 8.25. The minimum absolute atomic E-state index is 0.138. The highest BCUT2D eigenvalue weighted by molar-refractivity contribution is 5.74. The molecule has 1 fully saturated rings. The van der Waals surface area contributed by atoms with Crippen LogP contribution in [0.3, 0.4) is 0 Å². The zero-order chi connectivity index (χ0) is 15.1. The fourth-order valence-electron chi connectivity index (χ4n) is 4.48. The molecule has 1 aliphatic heterocycles. The highest BCUT2D eigenvalue weighted by Crippen LogP contribution is 2.47. The third kappa shape index (κ3) is 2.52. The zero-order valence-electron chi connectivity index (χ0n) is 13.7. The first-order valence-corrected chi connectivity index (χ1v) is 8.25. The van der Waals surface area contributed by atoms with Crippen LogP contribution in [0, 0.1) is 5.41 Å². The highest BCUT2D eigenvalue weighted by Gasteiger charge is 2.44. The Labute approximate surface area is 129 Å². The van der Waals surface area contributed by atoms with Crippen molar-refractivity contribution in [2.45, 2.75) is 45.1 Å². The Bertz CT molecular complexity index is 511. The maximum atomic E-state index is 6.33. The number of benzene rings is 1. The van der Waals surface area contributed by atoms with Crippen LogP contribution in [0.15, 0.2) is 24.3 Å². The summed E-state index contributed by atoms with van der Waals surface area (Å²) in [6.07, 6.45) is 5.04. The summed E-state index contributed by atoms with van der Waals surface area (Å²) in [6.45, 7) is 7.73. The largest absolute Gasteiger partial charge is 0.371 e. The van der Waals surface area contributed by atoms with Crippen LogP contribution in [-0.2, 0) is 0 Å². The van der Waals surface area contributed by atoms with Crippen LogP contribution in [0.5, 0.6) is 0 Å². The van der Waals surface area contributed by atoms with E-state index in [4.69, 9.17) is 5.73 Å². The van der Waals surface area contributed by atoms with E-state index in [2.05, 4.69) is 55.0 Å². The minimum Gasteiger partial charge on any atom is -0.371 e. The number of rotatable bonds is 2. The Hall–Kier alpha value is -1.22. The standard InChI is InChI=1S/C18H29N3/c1-17(2)9-6-10-18(13-17,14-19)21-12-11-20(3)15-7-4-5-8-16(15)21/h4-5,7-8H,6,9-14,19H2,1-3H3. The van der Waals surface area contributed by atoms with Gasteiger partial charge in [0.15, 0.2) is 0 Å². The minimum atomic E-state index is 0.138. The molecule has 1 aromatic rings. The smallest absolute Gasteiger partial charge is 0.0609 e. The molecule has 0 amide bonds. The molecule has 21 heavy (non-hydrogen) atoms. The molecule has 3 heteroatoms. The second-order valence-corrected chi connectivity index (χ2v) is 7.68. The van der Waals surface area contributed by atoms with Gasteiger partial charge < -0.3 is 15.5 Å². The molecule has 1 aromatic carbocycles. The predicted octanol–water partition coefficient (Wildman–Crippen LogP) is 3.24. The van der Waals surface area contributed by atoms with Gasteiger partial charge in [-0.1, -0.05) is 32.4 Å². The van der Waals surface area contributed by atoms with Gasteiger partial charge >= 0.3 is 0 Å². The Kier molecular flexibility index (Phi) is 3.64. The molecular weight excluding hydrogens is 258 g/mol. The van der Waals surface area contributed by atoms with Crippen molar-refractivity contribution >= 4 is 11.4 Å². The monoisotopic (exact) mass is 287 g/mol. The van der Waals surface area contributed by atoms with Gasteiger partial charge in [-0.2, -0.15) is 0 Å². The molecule has 2 N–H and O–H groups in total. The summed E-state index contributed by atoms with van der Waals surface area (Å²) < 4.78 is 0. The average molecular weight is 287 g/mol. The van der Waals surface area contributed by atoms with Gasteiger partial charge in [-0.15, -0.1) is 0 Å². The lowest BCUT2D eigenvalue weighted by Crippen LogP contribution is -2.60. The number of likely N-dealkylation sites (N-methyl/N-ethyl adjacent to an activating group) is 1. The summed E-state index contributed by atoms with van der Waals surface area (Å²) >= 11 is 0. The molecule has 0 spiro atoms. The van der Waals surface area contributed by atoms with Gasteiger partial charge in [0.05, 0.1) is 16.9 Å². The summed E-state index contributed by atoms with van der Waals surface area (Å²) in [6, 6.07) is 8.80. The van der Waals surface area contributed by atoms with E-state index in [0.717, 1.165) is 19.6 Å². The van der Waals surface area contributed by atoms with Crippen LogP contribution in [0.1, 0.15) is 39.5 Å². The molecule has 0 radical (unpaired) electrons. The van der Waals surface area contributed by atoms with Crippen molar-refractivity contribution in [3.8, 4) is 0 Å². The lowest BCUT2D eigenvalue weighted by atomic mass is 9.67.